The third-order valence-electron chi connectivity index (χ3n) is 2.73. The Morgan fingerprint density at radius 3 is 2.71 bits per heavy atom. The van der Waals surface area contributed by atoms with Crippen LogP contribution in [0, 0.1) is 12.7 Å². The molecular formula is C15H12Cl2FNO2. The van der Waals surface area contributed by atoms with E-state index in [1.54, 1.807) is 18.2 Å². The van der Waals surface area contributed by atoms with Crippen LogP contribution in [0.3, 0.4) is 0 Å². The molecule has 110 valence electrons. The number of amides is 1. The van der Waals surface area contributed by atoms with Crippen LogP contribution in [0.1, 0.15) is 5.56 Å². The molecule has 0 aliphatic rings. The molecule has 21 heavy (non-hydrogen) atoms. The molecule has 0 radical (unpaired) electrons. The summed E-state index contributed by atoms with van der Waals surface area (Å²) >= 11 is 11.7. The van der Waals surface area contributed by atoms with Crippen molar-refractivity contribution < 1.29 is 13.9 Å². The number of nitrogens with one attached hydrogen (secondary N) is 1. The summed E-state index contributed by atoms with van der Waals surface area (Å²) in [4.78, 5) is 11.8. The summed E-state index contributed by atoms with van der Waals surface area (Å²) in [5.41, 5.74) is 1.49. The van der Waals surface area contributed by atoms with Crippen molar-refractivity contribution in [3.05, 3.63) is 57.8 Å². The maximum Gasteiger partial charge on any atom is 0.262 e. The van der Waals surface area contributed by atoms with Crippen molar-refractivity contribution in [1.82, 2.24) is 0 Å². The van der Waals surface area contributed by atoms with Crippen molar-refractivity contribution in [1.29, 1.82) is 0 Å². The van der Waals surface area contributed by atoms with Crippen LogP contribution in [0.4, 0.5) is 10.1 Å². The van der Waals surface area contributed by atoms with E-state index in [-0.39, 0.29) is 23.3 Å². The number of halogens is 3. The number of rotatable bonds is 4. The maximum atomic E-state index is 12.9. The van der Waals surface area contributed by atoms with Gasteiger partial charge in [-0.3, -0.25) is 4.79 Å². The van der Waals surface area contributed by atoms with Gasteiger partial charge in [0.1, 0.15) is 11.6 Å². The Hall–Kier alpha value is -1.78. The van der Waals surface area contributed by atoms with Crippen LogP contribution in [0.25, 0.3) is 0 Å². The molecule has 0 atom stereocenters. The van der Waals surface area contributed by atoms with Crippen molar-refractivity contribution >= 4 is 34.8 Å². The fraction of sp³-hybridized carbons (Fsp3) is 0.133. The minimum absolute atomic E-state index is 0.113. The average Bonchev–Trinajstić information content (AvgIpc) is 2.42. The molecule has 3 nitrogen and oxygen atoms in total. The van der Waals surface area contributed by atoms with Gasteiger partial charge in [-0.05, 0) is 42.8 Å². The molecule has 0 aromatic heterocycles. The number of carbonyl (C=O) groups is 1. The van der Waals surface area contributed by atoms with Crippen LogP contribution >= 0.6 is 23.2 Å². The Morgan fingerprint density at radius 1 is 1.24 bits per heavy atom. The van der Waals surface area contributed by atoms with Crippen LogP contribution < -0.4 is 10.1 Å². The van der Waals surface area contributed by atoms with Crippen molar-refractivity contribution in [2.45, 2.75) is 6.92 Å². The average molecular weight is 328 g/mol. The molecule has 2 aromatic carbocycles. The number of benzene rings is 2. The number of hydrogen-bond acceptors (Lipinski definition) is 2. The summed E-state index contributed by atoms with van der Waals surface area (Å²) in [7, 11) is 0. The van der Waals surface area contributed by atoms with E-state index in [2.05, 4.69) is 5.32 Å². The molecule has 2 aromatic rings. The summed E-state index contributed by atoms with van der Waals surface area (Å²) in [6.45, 7) is 1.61. The number of carbonyl (C=O) groups excluding carboxylic acids is 1. The number of anilines is 1. The van der Waals surface area contributed by atoms with Crippen molar-refractivity contribution in [3.8, 4) is 5.75 Å². The van der Waals surface area contributed by atoms with Crippen LogP contribution in [0.5, 0.6) is 5.75 Å². The highest BCUT2D eigenvalue weighted by Gasteiger charge is 2.09. The smallest absolute Gasteiger partial charge is 0.262 e. The van der Waals surface area contributed by atoms with E-state index in [9.17, 15) is 9.18 Å². The van der Waals surface area contributed by atoms with E-state index in [0.717, 1.165) is 11.6 Å². The molecule has 0 saturated heterocycles. The molecule has 0 spiro atoms. The van der Waals surface area contributed by atoms with Gasteiger partial charge in [0.15, 0.2) is 6.61 Å². The van der Waals surface area contributed by atoms with Crippen molar-refractivity contribution in [2.24, 2.45) is 0 Å². The van der Waals surface area contributed by atoms with Gasteiger partial charge in [0, 0.05) is 10.7 Å². The molecule has 6 heteroatoms. The summed E-state index contributed by atoms with van der Waals surface area (Å²) in [5, 5.41) is 3.33. The summed E-state index contributed by atoms with van der Waals surface area (Å²) in [5.74, 6) is -0.580. The zero-order valence-corrected chi connectivity index (χ0v) is 12.6. The topological polar surface area (TPSA) is 38.3 Å². The minimum atomic E-state index is -0.466. The zero-order chi connectivity index (χ0) is 15.4. The normalized spacial score (nSPS) is 10.3. The Balaban J connectivity index is 1.97. The van der Waals surface area contributed by atoms with Gasteiger partial charge in [-0.2, -0.15) is 0 Å². The molecule has 0 bridgehead atoms. The summed E-state index contributed by atoms with van der Waals surface area (Å²) in [6.07, 6.45) is 0. The lowest BCUT2D eigenvalue weighted by molar-refractivity contribution is -0.118. The first kappa shape index (κ1) is 15.6. The predicted octanol–water partition coefficient (Wildman–Crippen LogP) is 4.46. The van der Waals surface area contributed by atoms with E-state index < -0.39 is 5.82 Å². The molecule has 1 amide bonds. The van der Waals surface area contributed by atoms with Gasteiger partial charge in [-0.15, -0.1) is 0 Å². The second kappa shape index (κ2) is 6.78. The maximum absolute atomic E-state index is 12.9. The Bertz CT molecular complexity index is 677. The lowest BCUT2D eigenvalue weighted by Gasteiger charge is -2.10. The van der Waals surface area contributed by atoms with Crippen LogP contribution in [0.2, 0.25) is 10.0 Å². The number of hydrogen-bond donors (Lipinski definition) is 1. The van der Waals surface area contributed by atoms with Gasteiger partial charge < -0.3 is 10.1 Å². The Morgan fingerprint density at radius 2 is 2.00 bits per heavy atom. The highest BCUT2D eigenvalue weighted by Crippen LogP contribution is 2.25. The standard InChI is InChI=1S/C15H12Cl2FNO2/c1-9-2-3-10(16)6-13(9)19-15(20)8-21-14-5-4-11(18)7-12(14)17/h2-7H,8H2,1H3,(H,19,20). The predicted molar refractivity (Wildman–Crippen MR) is 81.7 cm³/mol. The SMILES string of the molecule is Cc1ccc(Cl)cc1NC(=O)COc1ccc(F)cc1Cl. The largest absolute Gasteiger partial charge is 0.482 e. The minimum Gasteiger partial charge on any atom is -0.482 e. The molecule has 2 rings (SSSR count). The lowest BCUT2D eigenvalue weighted by Crippen LogP contribution is -2.20. The van der Waals surface area contributed by atoms with Gasteiger partial charge >= 0.3 is 0 Å². The molecule has 0 fully saturated rings. The first-order chi connectivity index (χ1) is 9.95. The van der Waals surface area contributed by atoms with Gasteiger partial charge in [-0.25, -0.2) is 4.39 Å². The van der Waals surface area contributed by atoms with Crippen molar-refractivity contribution in [3.63, 3.8) is 0 Å². The molecule has 0 unspecified atom stereocenters. The van der Waals surface area contributed by atoms with E-state index in [4.69, 9.17) is 27.9 Å². The van der Waals surface area contributed by atoms with Crippen LogP contribution in [-0.4, -0.2) is 12.5 Å². The summed E-state index contributed by atoms with van der Waals surface area (Å²) in [6, 6.07) is 8.89. The van der Waals surface area contributed by atoms with Crippen LogP contribution in [0.15, 0.2) is 36.4 Å². The van der Waals surface area contributed by atoms with E-state index in [1.807, 2.05) is 6.92 Å². The van der Waals surface area contributed by atoms with Crippen LogP contribution in [-0.2, 0) is 4.79 Å². The highest BCUT2D eigenvalue weighted by molar-refractivity contribution is 6.32. The molecule has 0 heterocycles. The monoisotopic (exact) mass is 327 g/mol. The molecule has 0 aliphatic carbocycles. The zero-order valence-electron chi connectivity index (χ0n) is 11.1. The molecule has 1 N–H and O–H groups in total. The number of ether oxygens (including phenoxy) is 1. The van der Waals surface area contributed by atoms with Gasteiger partial charge in [0.25, 0.3) is 5.91 Å². The fourth-order valence-corrected chi connectivity index (χ4v) is 2.04. The number of aryl methyl sites for hydroxylation is 1. The first-order valence-corrected chi connectivity index (χ1v) is 6.85. The first-order valence-electron chi connectivity index (χ1n) is 6.09. The van der Waals surface area contributed by atoms with E-state index >= 15 is 0 Å². The highest BCUT2D eigenvalue weighted by atomic mass is 35.5. The Labute approximate surface area is 131 Å². The molecule has 0 saturated carbocycles. The quantitative estimate of drug-likeness (QED) is 0.900. The second-order valence-corrected chi connectivity index (χ2v) is 5.21. The molecule has 0 aliphatic heterocycles. The second-order valence-electron chi connectivity index (χ2n) is 4.37. The van der Waals surface area contributed by atoms with E-state index in [0.29, 0.717) is 10.7 Å². The van der Waals surface area contributed by atoms with Crippen molar-refractivity contribution in [2.75, 3.05) is 11.9 Å². The van der Waals surface area contributed by atoms with Gasteiger partial charge in [0.2, 0.25) is 0 Å². The molecular weight excluding hydrogens is 316 g/mol. The summed E-state index contributed by atoms with van der Waals surface area (Å²) < 4.78 is 18.1. The lowest BCUT2D eigenvalue weighted by atomic mass is 10.2. The third-order valence-corrected chi connectivity index (χ3v) is 3.26. The Kier molecular flexibility index (Phi) is 5.04. The van der Waals surface area contributed by atoms with Gasteiger partial charge in [0.05, 0.1) is 5.02 Å². The van der Waals surface area contributed by atoms with E-state index in [1.165, 1.54) is 12.1 Å². The third kappa shape index (κ3) is 4.34. The fourth-order valence-electron chi connectivity index (χ4n) is 1.65. The van der Waals surface area contributed by atoms with Gasteiger partial charge in [-0.1, -0.05) is 29.3 Å².